The highest BCUT2D eigenvalue weighted by molar-refractivity contribution is 6.31. The molecule has 1 aliphatic heterocycles. The minimum Gasteiger partial charge on any atom is -0.406 e. The molecular weight excluding hydrogens is 465 g/mol. The Morgan fingerprint density at radius 2 is 1.76 bits per heavy atom. The van der Waals surface area contributed by atoms with Crippen molar-refractivity contribution in [2.24, 2.45) is 7.05 Å². The van der Waals surface area contributed by atoms with Gasteiger partial charge in [0.2, 0.25) is 0 Å². The molecule has 4 rings (SSSR count). The minimum absolute atomic E-state index is 0.218. The maximum atomic E-state index is 12.8. The number of alkyl halides is 3. The molecule has 1 fully saturated rings. The number of hydrogen-bond donors (Lipinski definition) is 0. The second-order valence-electron chi connectivity index (χ2n) is 7.63. The molecule has 0 radical (unpaired) electrons. The molecule has 1 aliphatic rings. The molecule has 174 valence electrons. The highest BCUT2D eigenvalue weighted by Gasteiger charge is 2.31. The Hall–Kier alpha value is -3.34. The molecule has 2 aromatic heterocycles. The summed E-state index contributed by atoms with van der Waals surface area (Å²) in [5.74, 6) is -0.764. The average Bonchev–Trinajstić information content (AvgIpc) is 2.77. The number of nitrogens with zero attached hydrogens (tertiary/aromatic N) is 4. The Morgan fingerprint density at radius 1 is 1.12 bits per heavy atom. The van der Waals surface area contributed by atoms with Crippen LogP contribution in [0.1, 0.15) is 29.2 Å². The predicted octanol–water partition coefficient (Wildman–Crippen LogP) is 3.12. The molecule has 12 heteroatoms. The molecule has 0 aliphatic carbocycles. The molecule has 1 saturated heterocycles. The fourth-order valence-electron chi connectivity index (χ4n) is 3.95. The van der Waals surface area contributed by atoms with Crippen molar-refractivity contribution in [3.63, 3.8) is 0 Å². The van der Waals surface area contributed by atoms with Gasteiger partial charge in [0.15, 0.2) is 5.65 Å². The molecule has 0 spiro atoms. The number of ether oxygens (including phenoxy) is 1. The molecular formula is C21H18ClF3N4O4. The molecule has 3 aromatic rings. The number of amides is 1. The van der Waals surface area contributed by atoms with Crippen LogP contribution in [0.2, 0.25) is 5.02 Å². The van der Waals surface area contributed by atoms with Gasteiger partial charge in [-0.1, -0.05) is 11.6 Å². The Labute approximate surface area is 189 Å². The second kappa shape index (κ2) is 8.54. The average molecular weight is 483 g/mol. The van der Waals surface area contributed by atoms with Crippen LogP contribution in [0, 0.1) is 0 Å². The van der Waals surface area contributed by atoms with E-state index in [0.717, 1.165) is 12.1 Å². The normalized spacial score (nSPS) is 15.1. The van der Waals surface area contributed by atoms with Crippen molar-refractivity contribution in [3.8, 4) is 5.75 Å². The SMILES string of the molecule is Cn1c(=O)c(=O)n(C2CCN(C(=O)c3ccc(OC(F)(F)F)cc3)CC2)c2ncc(Cl)cc21. The van der Waals surface area contributed by atoms with Crippen molar-refractivity contribution in [2.45, 2.75) is 25.2 Å². The van der Waals surface area contributed by atoms with Crippen molar-refractivity contribution >= 4 is 28.7 Å². The number of piperidine rings is 1. The number of carbonyl (C=O) groups excluding carboxylic acids is 1. The smallest absolute Gasteiger partial charge is 0.406 e. The van der Waals surface area contributed by atoms with Gasteiger partial charge in [-0.2, -0.15) is 0 Å². The number of benzene rings is 1. The zero-order chi connectivity index (χ0) is 23.9. The van der Waals surface area contributed by atoms with Crippen LogP contribution in [-0.4, -0.2) is 44.4 Å². The van der Waals surface area contributed by atoms with Crippen molar-refractivity contribution < 1.29 is 22.7 Å². The quantitative estimate of drug-likeness (QED) is 0.535. The van der Waals surface area contributed by atoms with E-state index in [4.69, 9.17) is 11.6 Å². The van der Waals surface area contributed by atoms with Gasteiger partial charge in [-0.15, -0.1) is 13.2 Å². The lowest BCUT2D eigenvalue weighted by molar-refractivity contribution is -0.274. The minimum atomic E-state index is -4.81. The van der Waals surface area contributed by atoms with E-state index < -0.39 is 23.2 Å². The standard InChI is InChI=1S/C21H18ClF3N4O4/c1-27-16-10-13(22)11-26-17(16)29(20(32)19(27)31)14-6-8-28(9-7-14)18(30)12-2-4-15(5-3-12)33-21(23,24)25/h2-5,10-11,14H,6-9H2,1H3. The summed E-state index contributed by atoms with van der Waals surface area (Å²) in [6, 6.07) is 5.90. The third-order valence-corrected chi connectivity index (χ3v) is 5.77. The summed E-state index contributed by atoms with van der Waals surface area (Å²) >= 11 is 6.00. The Kier molecular flexibility index (Phi) is 5.91. The fraction of sp³-hybridized carbons (Fsp3) is 0.333. The van der Waals surface area contributed by atoms with E-state index in [0.29, 0.717) is 42.1 Å². The van der Waals surface area contributed by atoms with Crippen molar-refractivity contribution in [1.29, 1.82) is 0 Å². The molecule has 0 atom stereocenters. The summed E-state index contributed by atoms with van der Waals surface area (Å²) in [7, 11) is 1.47. The van der Waals surface area contributed by atoms with E-state index in [1.807, 2.05) is 0 Å². The number of fused-ring (bicyclic) bond motifs is 1. The van der Waals surface area contributed by atoms with E-state index in [9.17, 15) is 27.6 Å². The number of pyridine rings is 1. The second-order valence-corrected chi connectivity index (χ2v) is 8.07. The summed E-state index contributed by atoms with van der Waals surface area (Å²) in [5, 5.41) is 0.328. The number of rotatable bonds is 3. The zero-order valence-corrected chi connectivity index (χ0v) is 18.1. The molecule has 33 heavy (non-hydrogen) atoms. The van der Waals surface area contributed by atoms with Crippen LogP contribution in [0.4, 0.5) is 13.2 Å². The fourth-order valence-corrected chi connectivity index (χ4v) is 4.11. The molecule has 1 aromatic carbocycles. The van der Waals surface area contributed by atoms with Crippen molar-refractivity contribution in [3.05, 3.63) is 67.8 Å². The zero-order valence-electron chi connectivity index (χ0n) is 17.3. The number of carbonyl (C=O) groups is 1. The van der Waals surface area contributed by atoms with Crippen LogP contribution in [-0.2, 0) is 7.05 Å². The van der Waals surface area contributed by atoms with Gasteiger partial charge in [-0.3, -0.25) is 19.0 Å². The van der Waals surface area contributed by atoms with Gasteiger partial charge in [0.1, 0.15) is 5.75 Å². The summed E-state index contributed by atoms with van der Waals surface area (Å²) in [6.07, 6.45) is -2.62. The lowest BCUT2D eigenvalue weighted by atomic mass is 10.0. The van der Waals surface area contributed by atoms with E-state index in [-0.39, 0.29) is 17.5 Å². The van der Waals surface area contributed by atoms with E-state index in [1.165, 1.54) is 34.5 Å². The highest BCUT2D eigenvalue weighted by Crippen LogP contribution is 2.27. The van der Waals surface area contributed by atoms with Crippen molar-refractivity contribution in [2.75, 3.05) is 13.1 Å². The van der Waals surface area contributed by atoms with Gasteiger partial charge in [-0.25, -0.2) is 4.98 Å². The van der Waals surface area contributed by atoms with E-state index >= 15 is 0 Å². The van der Waals surface area contributed by atoms with Crippen LogP contribution in [0.3, 0.4) is 0 Å². The highest BCUT2D eigenvalue weighted by atomic mass is 35.5. The number of aryl methyl sites for hydroxylation is 1. The van der Waals surface area contributed by atoms with Crippen LogP contribution in [0.25, 0.3) is 11.2 Å². The first-order valence-corrected chi connectivity index (χ1v) is 10.3. The molecule has 0 N–H and O–H groups in total. The molecule has 8 nitrogen and oxygen atoms in total. The van der Waals surface area contributed by atoms with Gasteiger partial charge in [0, 0.05) is 37.9 Å². The number of aromatic nitrogens is 3. The van der Waals surface area contributed by atoms with Crippen LogP contribution in [0.15, 0.2) is 46.1 Å². The topological polar surface area (TPSA) is 86.4 Å². The number of halogens is 4. The number of likely N-dealkylation sites (tertiary alicyclic amines) is 1. The predicted molar refractivity (Wildman–Crippen MR) is 114 cm³/mol. The van der Waals surface area contributed by atoms with Gasteiger partial charge >= 0.3 is 17.5 Å². The first kappa shape index (κ1) is 22.8. The maximum Gasteiger partial charge on any atom is 0.573 e. The van der Waals surface area contributed by atoms with Crippen LogP contribution >= 0.6 is 11.6 Å². The summed E-state index contributed by atoms with van der Waals surface area (Å²) in [5.41, 5.74) is -0.435. The summed E-state index contributed by atoms with van der Waals surface area (Å²) < 4.78 is 43.3. The molecule has 3 heterocycles. The Morgan fingerprint density at radius 3 is 2.36 bits per heavy atom. The Balaban J connectivity index is 1.53. The van der Waals surface area contributed by atoms with E-state index in [2.05, 4.69) is 9.72 Å². The first-order chi connectivity index (χ1) is 15.5. The van der Waals surface area contributed by atoms with Crippen molar-refractivity contribution in [1.82, 2.24) is 19.0 Å². The van der Waals surface area contributed by atoms with Gasteiger partial charge in [-0.05, 0) is 43.2 Å². The maximum absolute atomic E-state index is 12.8. The monoisotopic (exact) mass is 482 g/mol. The van der Waals surface area contributed by atoms with Crippen LogP contribution < -0.4 is 15.9 Å². The lowest BCUT2D eigenvalue weighted by Crippen LogP contribution is -2.46. The third-order valence-electron chi connectivity index (χ3n) is 5.56. The summed E-state index contributed by atoms with van der Waals surface area (Å²) in [6.45, 7) is 0.585. The third kappa shape index (κ3) is 4.58. The molecule has 0 bridgehead atoms. The van der Waals surface area contributed by atoms with E-state index in [1.54, 1.807) is 11.0 Å². The van der Waals surface area contributed by atoms with Crippen LogP contribution in [0.5, 0.6) is 5.75 Å². The lowest BCUT2D eigenvalue weighted by Gasteiger charge is -2.33. The van der Waals surface area contributed by atoms with Gasteiger partial charge < -0.3 is 14.2 Å². The Bertz CT molecular complexity index is 1330. The first-order valence-electron chi connectivity index (χ1n) is 9.97. The molecule has 0 saturated carbocycles. The van der Waals surface area contributed by atoms with Gasteiger partial charge in [0.25, 0.3) is 5.91 Å². The van der Waals surface area contributed by atoms with Gasteiger partial charge in [0.05, 0.1) is 10.5 Å². The molecule has 1 amide bonds. The largest absolute Gasteiger partial charge is 0.573 e. The summed E-state index contributed by atoms with van der Waals surface area (Å²) in [4.78, 5) is 43.8. The molecule has 0 unspecified atom stereocenters. The number of hydrogen-bond acceptors (Lipinski definition) is 5.